The highest BCUT2D eigenvalue weighted by atomic mass is 32.2. The number of carbonyl (C=O) groups excluding carboxylic acids is 1. The maximum atomic E-state index is 12.3. The van der Waals surface area contributed by atoms with Crippen LogP contribution in [0.15, 0.2) is 36.7 Å². The fraction of sp³-hybridized carbons (Fsp3) is 0.375. The lowest BCUT2D eigenvalue weighted by Gasteiger charge is -2.09. The number of hydrogen-bond acceptors (Lipinski definition) is 5. The summed E-state index contributed by atoms with van der Waals surface area (Å²) in [5.41, 5.74) is 2.63. The lowest BCUT2D eigenvalue weighted by molar-refractivity contribution is 0.102. The molecular formula is C16H19N3O2S2. The quantitative estimate of drug-likeness (QED) is 0.867. The molecule has 2 aromatic rings. The Bertz CT molecular complexity index is 652. The van der Waals surface area contributed by atoms with Gasteiger partial charge in [-0.1, -0.05) is 12.1 Å². The number of carbonyl (C=O) groups is 1. The van der Waals surface area contributed by atoms with E-state index in [0.717, 1.165) is 0 Å². The van der Waals surface area contributed by atoms with Crippen molar-refractivity contribution >= 4 is 35.1 Å². The van der Waals surface area contributed by atoms with Crippen molar-refractivity contribution in [1.82, 2.24) is 9.78 Å². The van der Waals surface area contributed by atoms with Gasteiger partial charge in [0.2, 0.25) is 0 Å². The van der Waals surface area contributed by atoms with Crippen molar-refractivity contribution in [3.05, 3.63) is 47.8 Å². The molecule has 1 aromatic carbocycles. The van der Waals surface area contributed by atoms with Gasteiger partial charge in [0.15, 0.2) is 0 Å². The van der Waals surface area contributed by atoms with Crippen molar-refractivity contribution in [2.75, 3.05) is 30.5 Å². The summed E-state index contributed by atoms with van der Waals surface area (Å²) < 4.78 is 7.26. The molecule has 23 heavy (non-hydrogen) atoms. The molecule has 0 aliphatic carbocycles. The van der Waals surface area contributed by atoms with Gasteiger partial charge in [-0.15, -0.1) is 23.5 Å². The third-order valence-corrected chi connectivity index (χ3v) is 6.59. The van der Waals surface area contributed by atoms with Gasteiger partial charge in [0.05, 0.1) is 29.6 Å². The van der Waals surface area contributed by atoms with Crippen LogP contribution in [-0.2, 0) is 11.3 Å². The summed E-state index contributed by atoms with van der Waals surface area (Å²) in [5.74, 6) is 2.28. The van der Waals surface area contributed by atoms with Gasteiger partial charge in [0.1, 0.15) is 0 Å². The number of anilines is 1. The van der Waals surface area contributed by atoms with Crippen LogP contribution in [0, 0.1) is 0 Å². The van der Waals surface area contributed by atoms with Crippen LogP contribution in [0.1, 0.15) is 20.5 Å². The predicted molar refractivity (Wildman–Crippen MR) is 96.2 cm³/mol. The van der Waals surface area contributed by atoms with Crippen LogP contribution in [-0.4, -0.2) is 40.9 Å². The van der Waals surface area contributed by atoms with Gasteiger partial charge in [0.25, 0.3) is 5.91 Å². The summed E-state index contributed by atoms with van der Waals surface area (Å²) in [4.78, 5) is 12.3. The summed E-state index contributed by atoms with van der Waals surface area (Å²) in [7, 11) is 1.65. The SMILES string of the molecule is COCCn1cc(NC(=O)c2ccc(C3SCCS3)cc2)cn1. The average molecular weight is 349 g/mol. The molecular weight excluding hydrogens is 330 g/mol. The van der Waals surface area contributed by atoms with Crippen LogP contribution in [0.2, 0.25) is 0 Å². The highest BCUT2D eigenvalue weighted by molar-refractivity contribution is 8.19. The maximum Gasteiger partial charge on any atom is 0.255 e. The largest absolute Gasteiger partial charge is 0.383 e. The molecule has 1 amide bonds. The van der Waals surface area contributed by atoms with Crippen molar-refractivity contribution in [3.8, 4) is 0 Å². The van der Waals surface area contributed by atoms with Crippen molar-refractivity contribution < 1.29 is 9.53 Å². The minimum atomic E-state index is -0.116. The molecule has 1 aliphatic heterocycles. The number of aromatic nitrogens is 2. The highest BCUT2D eigenvalue weighted by Gasteiger charge is 2.18. The van der Waals surface area contributed by atoms with Crippen LogP contribution in [0.25, 0.3) is 0 Å². The topological polar surface area (TPSA) is 56.1 Å². The molecule has 1 N–H and O–H groups in total. The van der Waals surface area contributed by atoms with E-state index in [9.17, 15) is 4.79 Å². The van der Waals surface area contributed by atoms with Gasteiger partial charge in [-0.3, -0.25) is 9.48 Å². The van der Waals surface area contributed by atoms with Gasteiger partial charge in [-0.05, 0) is 17.7 Å². The second-order valence-electron chi connectivity index (χ2n) is 5.13. The monoisotopic (exact) mass is 349 g/mol. The number of amides is 1. The van der Waals surface area contributed by atoms with Gasteiger partial charge >= 0.3 is 0 Å². The zero-order valence-corrected chi connectivity index (χ0v) is 14.5. The molecule has 122 valence electrons. The zero-order valence-electron chi connectivity index (χ0n) is 12.9. The molecule has 1 saturated heterocycles. The molecule has 2 heterocycles. The van der Waals surface area contributed by atoms with E-state index in [1.165, 1.54) is 17.1 Å². The first-order chi connectivity index (χ1) is 11.3. The lowest BCUT2D eigenvalue weighted by Crippen LogP contribution is -2.11. The number of hydrogen-bond donors (Lipinski definition) is 1. The standard InChI is InChI=1S/C16H19N3O2S2/c1-21-7-6-19-11-14(10-17-19)18-15(20)12-2-4-13(5-3-12)16-22-8-9-23-16/h2-5,10-11,16H,6-9H2,1H3,(H,18,20). The third-order valence-electron chi connectivity index (χ3n) is 3.48. The number of benzene rings is 1. The Morgan fingerprint density at radius 1 is 1.35 bits per heavy atom. The minimum Gasteiger partial charge on any atom is -0.383 e. The second kappa shape index (κ2) is 7.90. The van der Waals surface area contributed by atoms with E-state index >= 15 is 0 Å². The first kappa shape index (κ1) is 16.4. The Kier molecular flexibility index (Phi) is 5.64. The van der Waals surface area contributed by atoms with Crippen LogP contribution in [0.4, 0.5) is 5.69 Å². The first-order valence-corrected chi connectivity index (χ1v) is 9.52. The lowest BCUT2D eigenvalue weighted by atomic mass is 10.1. The molecule has 1 aliphatic rings. The van der Waals surface area contributed by atoms with Crippen molar-refractivity contribution in [2.24, 2.45) is 0 Å². The van der Waals surface area contributed by atoms with Crippen LogP contribution in [0.5, 0.6) is 0 Å². The Hall–Kier alpha value is -1.44. The first-order valence-electron chi connectivity index (χ1n) is 7.42. The molecule has 0 saturated carbocycles. The number of rotatable bonds is 6. The van der Waals surface area contributed by atoms with Gasteiger partial charge in [-0.2, -0.15) is 5.10 Å². The number of nitrogens with one attached hydrogen (secondary N) is 1. The number of thioether (sulfide) groups is 2. The van der Waals surface area contributed by atoms with E-state index in [0.29, 0.717) is 29.0 Å². The highest BCUT2D eigenvalue weighted by Crippen LogP contribution is 2.45. The Morgan fingerprint density at radius 3 is 2.78 bits per heavy atom. The van der Waals surface area contributed by atoms with Gasteiger partial charge in [-0.25, -0.2) is 0 Å². The molecule has 0 spiro atoms. The molecule has 1 aromatic heterocycles. The number of ether oxygens (including phenoxy) is 1. The summed E-state index contributed by atoms with van der Waals surface area (Å²) in [6.45, 7) is 1.26. The Morgan fingerprint density at radius 2 is 2.09 bits per heavy atom. The molecule has 0 radical (unpaired) electrons. The predicted octanol–water partition coefficient (Wildman–Crippen LogP) is 3.26. The summed E-state index contributed by atoms with van der Waals surface area (Å²) >= 11 is 3.93. The molecule has 0 bridgehead atoms. The van der Waals surface area contributed by atoms with Crippen LogP contribution in [0.3, 0.4) is 0 Å². The minimum absolute atomic E-state index is 0.116. The molecule has 1 fully saturated rings. The van der Waals surface area contributed by atoms with Crippen LogP contribution >= 0.6 is 23.5 Å². The average Bonchev–Trinajstić information content (AvgIpc) is 3.25. The third kappa shape index (κ3) is 4.31. The van der Waals surface area contributed by atoms with Crippen molar-refractivity contribution in [2.45, 2.75) is 11.1 Å². The molecule has 5 nitrogen and oxygen atoms in total. The van der Waals surface area contributed by atoms with E-state index in [1.54, 1.807) is 24.2 Å². The summed E-state index contributed by atoms with van der Waals surface area (Å²) in [5, 5.41) is 7.05. The normalized spacial score (nSPS) is 15.0. The van der Waals surface area contributed by atoms with Crippen molar-refractivity contribution in [1.29, 1.82) is 0 Å². The smallest absolute Gasteiger partial charge is 0.255 e. The molecule has 3 rings (SSSR count). The summed E-state index contributed by atoms with van der Waals surface area (Å²) in [6.07, 6.45) is 3.45. The fourth-order valence-electron chi connectivity index (χ4n) is 2.28. The Labute approximate surface area is 144 Å². The van der Waals surface area contributed by atoms with E-state index in [-0.39, 0.29) is 5.91 Å². The van der Waals surface area contributed by atoms with E-state index in [2.05, 4.69) is 10.4 Å². The fourth-order valence-corrected chi connectivity index (χ4v) is 5.14. The second-order valence-corrected chi connectivity index (χ2v) is 7.86. The summed E-state index contributed by atoms with van der Waals surface area (Å²) in [6, 6.07) is 7.87. The molecule has 7 heteroatoms. The maximum absolute atomic E-state index is 12.3. The van der Waals surface area contributed by atoms with Crippen LogP contribution < -0.4 is 5.32 Å². The van der Waals surface area contributed by atoms with Gasteiger partial charge in [0, 0.05) is 30.4 Å². The van der Waals surface area contributed by atoms with Crippen molar-refractivity contribution in [3.63, 3.8) is 0 Å². The van der Waals surface area contributed by atoms with E-state index < -0.39 is 0 Å². The molecule has 0 atom stereocenters. The molecule has 0 unspecified atom stereocenters. The zero-order chi connectivity index (χ0) is 16.1. The van der Waals surface area contributed by atoms with E-state index in [1.807, 2.05) is 47.8 Å². The number of methoxy groups -OCH3 is 1. The van der Waals surface area contributed by atoms with E-state index in [4.69, 9.17) is 4.74 Å². The van der Waals surface area contributed by atoms with Gasteiger partial charge < -0.3 is 10.1 Å². The number of nitrogens with zero attached hydrogens (tertiary/aromatic N) is 2. The Balaban J connectivity index is 1.60.